The maximum absolute atomic E-state index is 13.9. The summed E-state index contributed by atoms with van der Waals surface area (Å²) in [5.74, 6) is -2.34. The molecular weight excluding hydrogens is 274 g/mol. The van der Waals surface area contributed by atoms with Crippen molar-refractivity contribution in [3.8, 4) is 0 Å². The number of carboxylic acid groups (broad SMARTS) is 1. The largest absolute Gasteiger partial charge is 0.465 e. The second-order valence-corrected chi connectivity index (χ2v) is 4.84. The molecule has 0 aromatic heterocycles. The number of halogens is 2. The molecule has 1 aromatic carbocycles. The van der Waals surface area contributed by atoms with Gasteiger partial charge in [-0.1, -0.05) is 0 Å². The summed E-state index contributed by atoms with van der Waals surface area (Å²) in [6.07, 6.45) is -2.57. The number of hydrogen-bond acceptors (Lipinski definition) is 3. The third-order valence-electron chi connectivity index (χ3n) is 1.96. The minimum Gasteiger partial charge on any atom is -0.465 e. The van der Waals surface area contributed by atoms with E-state index in [1.807, 2.05) is 0 Å². The van der Waals surface area contributed by atoms with Crippen LogP contribution in [0.25, 0.3) is 0 Å². The first-order chi connectivity index (χ1) is 9.10. The van der Waals surface area contributed by atoms with Crippen LogP contribution in [0.2, 0.25) is 0 Å². The number of carbonyl (C=O) groups excluding carboxylic acids is 1. The molecule has 1 aromatic rings. The molecule has 0 bridgehead atoms. The van der Waals surface area contributed by atoms with Crippen LogP contribution in [-0.4, -0.2) is 22.9 Å². The Labute approximate surface area is 113 Å². The normalized spacial score (nSPS) is 10.8. The third kappa shape index (κ3) is 4.38. The Morgan fingerprint density at radius 2 is 1.80 bits per heavy atom. The number of rotatable bonds is 2. The van der Waals surface area contributed by atoms with E-state index in [4.69, 9.17) is 9.84 Å². The number of hydrogen-bond donors (Lipinski definition) is 3. The molecule has 0 atom stereocenters. The number of amides is 2. The van der Waals surface area contributed by atoms with Crippen molar-refractivity contribution in [2.45, 2.75) is 26.4 Å². The van der Waals surface area contributed by atoms with Gasteiger partial charge in [-0.05, 0) is 32.9 Å². The molecule has 6 nitrogen and oxygen atoms in total. The molecule has 0 radical (unpaired) electrons. The maximum Gasteiger partial charge on any atom is 0.412 e. The van der Waals surface area contributed by atoms with Gasteiger partial charge in [-0.2, -0.15) is 0 Å². The Kier molecular flexibility index (Phi) is 4.49. The summed E-state index contributed by atoms with van der Waals surface area (Å²) in [6.45, 7) is 4.85. The Bertz CT molecular complexity index is 541. The quantitative estimate of drug-likeness (QED) is 0.778. The van der Waals surface area contributed by atoms with Crippen LogP contribution < -0.4 is 10.6 Å². The zero-order chi connectivity index (χ0) is 15.5. The molecular formula is C12H14F2N2O4. The summed E-state index contributed by atoms with van der Waals surface area (Å²) in [7, 11) is 0. The molecule has 8 heteroatoms. The van der Waals surface area contributed by atoms with Gasteiger partial charge in [0, 0.05) is 0 Å². The van der Waals surface area contributed by atoms with Crippen molar-refractivity contribution >= 4 is 23.6 Å². The van der Waals surface area contributed by atoms with E-state index >= 15 is 0 Å². The lowest BCUT2D eigenvalue weighted by Crippen LogP contribution is -2.27. The average Bonchev–Trinajstić information content (AvgIpc) is 2.25. The summed E-state index contributed by atoms with van der Waals surface area (Å²) in [6, 6.07) is 1.78. The molecule has 0 spiro atoms. The lowest BCUT2D eigenvalue weighted by atomic mass is 10.2. The maximum atomic E-state index is 13.9. The second kappa shape index (κ2) is 5.72. The summed E-state index contributed by atoms with van der Waals surface area (Å²) < 4.78 is 32.0. The van der Waals surface area contributed by atoms with Gasteiger partial charge in [-0.15, -0.1) is 0 Å². The van der Waals surface area contributed by atoms with Crippen molar-refractivity contribution in [2.75, 3.05) is 10.6 Å². The Morgan fingerprint density at radius 3 is 2.30 bits per heavy atom. The molecule has 0 unspecified atom stereocenters. The van der Waals surface area contributed by atoms with Gasteiger partial charge in [0.1, 0.15) is 17.1 Å². The predicted octanol–water partition coefficient (Wildman–Crippen LogP) is 3.40. The van der Waals surface area contributed by atoms with Gasteiger partial charge in [0.2, 0.25) is 0 Å². The van der Waals surface area contributed by atoms with Crippen LogP contribution in [0, 0.1) is 11.6 Å². The molecule has 2 amide bonds. The van der Waals surface area contributed by atoms with Crippen LogP contribution in [-0.2, 0) is 4.74 Å². The highest BCUT2D eigenvalue weighted by atomic mass is 19.1. The van der Waals surface area contributed by atoms with Crippen LogP contribution in [0.15, 0.2) is 12.1 Å². The number of carbonyl (C=O) groups is 2. The molecule has 3 N–H and O–H groups in total. The van der Waals surface area contributed by atoms with E-state index in [1.54, 1.807) is 26.1 Å². The minimum atomic E-state index is -1.63. The van der Waals surface area contributed by atoms with Crippen molar-refractivity contribution in [1.82, 2.24) is 0 Å². The summed E-state index contributed by atoms with van der Waals surface area (Å²) in [5, 5.41) is 12.1. The van der Waals surface area contributed by atoms with Crippen molar-refractivity contribution in [3.05, 3.63) is 23.8 Å². The van der Waals surface area contributed by atoms with Crippen LogP contribution in [0.3, 0.4) is 0 Å². The highest BCUT2D eigenvalue weighted by Gasteiger charge is 2.20. The third-order valence-corrected chi connectivity index (χ3v) is 1.96. The molecule has 0 aliphatic carbocycles. The highest BCUT2D eigenvalue weighted by Crippen LogP contribution is 2.26. The lowest BCUT2D eigenvalue weighted by Gasteiger charge is -2.20. The van der Waals surface area contributed by atoms with E-state index in [-0.39, 0.29) is 0 Å². The molecule has 0 heterocycles. The van der Waals surface area contributed by atoms with E-state index in [0.29, 0.717) is 0 Å². The van der Waals surface area contributed by atoms with Crippen molar-refractivity contribution in [2.24, 2.45) is 0 Å². The monoisotopic (exact) mass is 288 g/mol. The van der Waals surface area contributed by atoms with E-state index in [9.17, 15) is 18.4 Å². The van der Waals surface area contributed by atoms with Gasteiger partial charge in [-0.25, -0.2) is 18.4 Å². The van der Waals surface area contributed by atoms with Crippen LogP contribution in [0.4, 0.5) is 29.7 Å². The fourth-order valence-electron chi connectivity index (χ4n) is 1.28. The van der Waals surface area contributed by atoms with Gasteiger partial charge in [0.05, 0.1) is 5.69 Å². The van der Waals surface area contributed by atoms with Crippen molar-refractivity contribution in [3.63, 3.8) is 0 Å². The van der Waals surface area contributed by atoms with Gasteiger partial charge in [0.25, 0.3) is 0 Å². The zero-order valence-corrected chi connectivity index (χ0v) is 11.1. The van der Waals surface area contributed by atoms with Gasteiger partial charge < -0.3 is 9.84 Å². The molecule has 110 valence electrons. The Balaban J connectivity index is 2.97. The van der Waals surface area contributed by atoms with Crippen molar-refractivity contribution < 1.29 is 28.2 Å². The fraction of sp³-hybridized carbons (Fsp3) is 0.333. The first-order valence-electron chi connectivity index (χ1n) is 5.58. The molecule has 1 rings (SSSR count). The van der Waals surface area contributed by atoms with Gasteiger partial charge >= 0.3 is 12.2 Å². The minimum absolute atomic E-state index is 0.399. The van der Waals surface area contributed by atoms with Crippen LogP contribution >= 0.6 is 0 Å². The predicted molar refractivity (Wildman–Crippen MR) is 67.9 cm³/mol. The van der Waals surface area contributed by atoms with Gasteiger partial charge in [-0.3, -0.25) is 10.6 Å². The lowest BCUT2D eigenvalue weighted by molar-refractivity contribution is 0.0635. The highest BCUT2D eigenvalue weighted by molar-refractivity contribution is 5.88. The Hall–Kier alpha value is -2.38. The molecule has 0 aliphatic rings. The number of anilines is 2. The standard InChI is InChI=1S/C12H14F2N2O4/c1-12(2,3)20-11(19)15-7-5-4-6(13)9(8(7)14)16-10(17)18/h4-5,16H,1-3H3,(H,15,19)(H,17,18). The van der Waals surface area contributed by atoms with Crippen LogP contribution in [0.1, 0.15) is 20.8 Å². The van der Waals surface area contributed by atoms with Crippen molar-refractivity contribution in [1.29, 1.82) is 0 Å². The average molecular weight is 288 g/mol. The molecule has 0 saturated carbocycles. The first kappa shape index (κ1) is 15.7. The summed E-state index contributed by atoms with van der Waals surface area (Å²) in [5.41, 5.74) is -2.06. The molecule has 0 aliphatic heterocycles. The molecule has 0 saturated heterocycles. The molecule has 20 heavy (non-hydrogen) atoms. The summed E-state index contributed by atoms with van der Waals surface area (Å²) in [4.78, 5) is 21.9. The topological polar surface area (TPSA) is 87.7 Å². The number of benzene rings is 1. The fourth-order valence-corrected chi connectivity index (χ4v) is 1.28. The van der Waals surface area contributed by atoms with E-state index in [0.717, 1.165) is 12.1 Å². The smallest absolute Gasteiger partial charge is 0.412 e. The SMILES string of the molecule is CC(C)(C)OC(=O)Nc1ccc(F)c(NC(=O)O)c1F. The Morgan fingerprint density at radius 1 is 1.20 bits per heavy atom. The first-order valence-corrected chi connectivity index (χ1v) is 5.58. The number of nitrogens with one attached hydrogen (secondary N) is 2. The number of ether oxygens (including phenoxy) is 1. The van der Waals surface area contributed by atoms with E-state index in [1.165, 1.54) is 0 Å². The second-order valence-electron chi connectivity index (χ2n) is 4.84. The van der Waals surface area contributed by atoms with E-state index < -0.39 is 40.8 Å². The van der Waals surface area contributed by atoms with Gasteiger partial charge in [0.15, 0.2) is 5.82 Å². The zero-order valence-electron chi connectivity index (χ0n) is 11.1. The van der Waals surface area contributed by atoms with Crippen LogP contribution in [0.5, 0.6) is 0 Å². The molecule has 0 fully saturated rings. The van der Waals surface area contributed by atoms with E-state index in [2.05, 4.69) is 5.32 Å². The summed E-state index contributed by atoms with van der Waals surface area (Å²) >= 11 is 0.